The summed E-state index contributed by atoms with van der Waals surface area (Å²) in [7, 11) is 0. The zero-order chi connectivity index (χ0) is 21.5. The van der Waals surface area contributed by atoms with Crippen LogP contribution in [-0.4, -0.2) is 64.1 Å². The molecule has 1 aromatic heterocycles. The van der Waals surface area contributed by atoms with Crippen LogP contribution in [0.3, 0.4) is 0 Å². The average molecular weight is 427 g/mol. The van der Waals surface area contributed by atoms with Crippen molar-refractivity contribution in [3.63, 3.8) is 0 Å². The zero-order valence-electron chi connectivity index (χ0n) is 16.1. The number of hydrogen-bond acceptors (Lipinski definition) is 7. The molecule has 2 aliphatic rings. The summed E-state index contributed by atoms with van der Waals surface area (Å²) < 4.78 is 48.3. The minimum Gasteiger partial charge on any atom is -0.436 e. The largest absolute Gasteiger partial charge is 0.573 e. The van der Waals surface area contributed by atoms with Crippen LogP contribution in [0.1, 0.15) is 6.92 Å². The number of aromatic nitrogens is 2. The molecule has 2 aliphatic heterocycles. The molecular formula is C18H20F3N5O4. The van der Waals surface area contributed by atoms with Crippen LogP contribution in [0, 0.1) is 10.1 Å². The Bertz CT molecular complexity index is 899. The first kappa shape index (κ1) is 20.3. The standard InChI is InChI=1S/C18H20F3N5O4/c1-17(12-25-10-15(26(27)28)22-16(25)30-17)11-23-6-8-24(9-7-23)13-2-4-14(5-3-13)29-18(19,20)21/h2-5,10H,6-9,11-12H2,1H3/t17-/m0/s1. The molecule has 1 fully saturated rings. The zero-order valence-corrected chi connectivity index (χ0v) is 16.1. The minimum atomic E-state index is -4.70. The number of hydrogen-bond donors (Lipinski definition) is 0. The molecule has 1 saturated heterocycles. The lowest BCUT2D eigenvalue weighted by molar-refractivity contribution is -0.389. The number of benzene rings is 1. The third kappa shape index (κ3) is 4.42. The van der Waals surface area contributed by atoms with Gasteiger partial charge in [0.05, 0.1) is 6.54 Å². The van der Waals surface area contributed by atoms with Crippen LogP contribution in [0.25, 0.3) is 0 Å². The van der Waals surface area contributed by atoms with Gasteiger partial charge in [-0.3, -0.25) is 9.47 Å². The van der Waals surface area contributed by atoms with Gasteiger partial charge in [-0.25, -0.2) is 0 Å². The lowest BCUT2D eigenvalue weighted by atomic mass is 10.1. The van der Waals surface area contributed by atoms with Gasteiger partial charge in [0.25, 0.3) is 0 Å². The summed E-state index contributed by atoms with van der Waals surface area (Å²) in [6, 6.07) is 6.10. The highest BCUT2D eigenvalue weighted by Gasteiger charge is 2.41. The van der Waals surface area contributed by atoms with E-state index in [1.165, 1.54) is 18.3 Å². The van der Waals surface area contributed by atoms with Crippen LogP contribution in [0.2, 0.25) is 0 Å². The van der Waals surface area contributed by atoms with Gasteiger partial charge >= 0.3 is 18.2 Å². The molecule has 0 bridgehead atoms. The maximum atomic E-state index is 12.3. The number of imidazole rings is 1. The van der Waals surface area contributed by atoms with E-state index in [2.05, 4.69) is 19.5 Å². The predicted molar refractivity (Wildman–Crippen MR) is 99.7 cm³/mol. The van der Waals surface area contributed by atoms with Gasteiger partial charge in [0.15, 0.2) is 0 Å². The first-order chi connectivity index (χ1) is 14.1. The molecule has 162 valence electrons. The summed E-state index contributed by atoms with van der Waals surface area (Å²) in [6.07, 6.45) is -3.32. The highest BCUT2D eigenvalue weighted by molar-refractivity contribution is 5.49. The van der Waals surface area contributed by atoms with E-state index in [1.807, 2.05) is 6.92 Å². The third-order valence-corrected chi connectivity index (χ3v) is 5.12. The molecule has 0 amide bonds. The second-order valence-electron chi connectivity index (χ2n) is 7.62. The Morgan fingerprint density at radius 1 is 1.23 bits per heavy atom. The predicted octanol–water partition coefficient (Wildman–Crippen LogP) is 2.66. The maximum Gasteiger partial charge on any atom is 0.573 e. The second kappa shape index (κ2) is 7.35. The van der Waals surface area contributed by atoms with Crippen molar-refractivity contribution in [2.75, 3.05) is 37.6 Å². The highest BCUT2D eigenvalue weighted by Crippen LogP contribution is 2.32. The molecular weight excluding hydrogens is 407 g/mol. The molecule has 0 N–H and O–H groups in total. The van der Waals surface area contributed by atoms with E-state index in [0.29, 0.717) is 26.2 Å². The Kier molecular flexibility index (Phi) is 4.96. The topological polar surface area (TPSA) is 85.9 Å². The Balaban J connectivity index is 1.29. The fourth-order valence-corrected chi connectivity index (χ4v) is 3.86. The number of nitro groups is 1. The molecule has 9 nitrogen and oxygen atoms in total. The summed E-state index contributed by atoms with van der Waals surface area (Å²) in [4.78, 5) is 18.5. The van der Waals surface area contributed by atoms with E-state index >= 15 is 0 Å². The van der Waals surface area contributed by atoms with E-state index < -0.39 is 16.9 Å². The molecule has 12 heteroatoms. The van der Waals surface area contributed by atoms with Gasteiger partial charge < -0.3 is 24.5 Å². The summed E-state index contributed by atoms with van der Waals surface area (Å²) in [5.74, 6) is -0.471. The fraction of sp³-hybridized carbons (Fsp3) is 0.500. The quantitative estimate of drug-likeness (QED) is 0.536. The molecule has 0 spiro atoms. The van der Waals surface area contributed by atoms with Gasteiger partial charge in [-0.2, -0.15) is 0 Å². The lowest BCUT2D eigenvalue weighted by Crippen LogP contribution is -2.52. The molecule has 1 aromatic carbocycles. The van der Waals surface area contributed by atoms with E-state index in [0.717, 1.165) is 18.8 Å². The monoisotopic (exact) mass is 427 g/mol. The number of halogens is 3. The van der Waals surface area contributed by atoms with Crippen LogP contribution in [0.15, 0.2) is 30.5 Å². The molecule has 4 rings (SSSR count). The first-order valence-electron chi connectivity index (χ1n) is 9.34. The van der Waals surface area contributed by atoms with Gasteiger partial charge in [-0.15, -0.1) is 13.2 Å². The van der Waals surface area contributed by atoms with E-state index in [-0.39, 0.29) is 17.6 Å². The van der Waals surface area contributed by atoms with Gasteiger partial charge in [0, 0.05) is 43.4 Å². The van der Waals surface area contributed by atoms with E-state index in [9.17, 15) is 23.3 Å². The van der Waals surface area contributed by atoms with Crippen molar-refractivity contribution in [1.82, 2.24) is 14.5 Å². The third-order valence-electron chi connectivity index (χ3n) is 5.12. The van der Waals surface area contributed by atoms with Gasteiger partial charge in [0.2, 0.25) is 0 Å². The average Bonchev–Trinajstić information content (AvgIpc) is 3.17. The Morgan fingerprint density at radius 3 is 2.47 bits per heavy atom. The number of rotatable bonds is 5. The van der Waals surface area contributed by atoms with Gasteiger partial charge in [0.1, 0.15) is 17.5 Å². The molecule has 3 heterocycles. The van der Waals surface area contributed by atoms with Crippen LogP contribution >= 0.6 is 0 Å². The van der Waals surface area contributed by atoms with Crippen LogP contribution in [0.4, 0.5) is 24.7 Å². The molecule has 0 radical (unpaired) electrons. The number of ether oxygens (including phenoxy) is 2. The molecule has 1 atom stereocenters. The first-order valence-corrected chi connectivity index (χ1v) is 9.34. The maximum absolute atomic E-state index is 12.3. The van der Waals surface area contributed by atoms with Crippen LogP contribution < -0.4 is 14.4 Å². The van der Waals surface area contributed by atoms with Crippen molar-refractivity contribution in [3.8, 4) is 11.8 Å². The van der Waals surface area contributed by atoms with E-state index in [1.54, 1.807) is 16.7 Å². The number of anilines is 1. The van der Waals surface area contributed by atoms with Crippen molar-refractivity contribution >= 4 is 11.5 Å². The Morgan fingerprint density at radius 2 is 1.90 bits per heavy atom. The summed E-state index contributed by atoms with van der Waals surface area (Å²) in [6.45, 7) is 5.99. The second-order valence-corrected chi connectivity index (χ2v) is 7.62. The number of nitrogens with zero attached hydrogens (tertiary/aromatic N) is 5. The van der Waals surface area contributed by atoms with Crippen molar-refractivity contribution in [3.05, 3.63) is 40.6 Å². The molecule has 0 aliphatic carbocycles. The van der Waals surface area contributed by atoms with Crippen molar-refractivity contribution < 1.29 is 27.6 Å². The van der Waals surface area contributed by atoms with Crippen LogP contribution in [-0.2, 0) is 6.54 Å². The summed E-state index contributed by atoms with van der Waals surface area (Å²) in [5, 5.41) is 10.8. The summed E-state index contributed by atoms with van der Waals surface area (Å²) >= 11 is 0. The molecule has 0 saturated carbocycles. The lowest BCUT2D eigenvalue weighted by Gasteiger charge is -2.39. The van der Waals surface area contributed by atoms with Gasteiger partial charge in [-0.1, -0.05) is 0 Å². The molecule has 30 heavy (non-hydrogen) atoms. The fourth-order valence-electron chi connectivity index (χ4n) is 3.86. The summed E-state index contributed by atoms with van der Waals surface area (Å²) in [5.41, 5.74) is 0.302. The molecule has 2 aromatic rings. The minimum absolute atomic E-state index is 0.229. The van der Waals surface area contributed by atoms with Crippen LogP contribution in [0.5, 0.6) is 11.8 Å². The highest BCUT2D eigenvalue weighted by atomic mass is 19.4. The molecule has 0 unspecified atom stereocenters. The Hall–Kier alpha value is -3.02. The number of fused-ring (bicyclic) bond motifs is 1. The van der Waals surface area contributed by atoms with Crippen molar-refractivity contribution in [1.29, 1.82) is 0 Å². The smallest absolute Gasteiger partial charge is 0.436 e. The number of piperazine rings is 1. The number of alkyl halides is 3. The van der Waals surface area contributed by atoms with E-state index in [4.69, 9.17) is 4.74 Å². The van der Waals surface area contributed by atoms with Crippen molar-refractivity contribution in [2.24, 2.45) is 0 Å². The normalized spacial score (nSPS) is 21.9. The Labute approximate surface area is 169 Å². The SMILES string of the molecule is C[C@]1(CN2CCN(c3ccc(OC(F)(F)F)cc3)CC2)Cn2cc([N+](=O)[O-])nc2O1. The van der Waals surface area contributed by atoms with Gasteiger partial charge in [-0.05, 0) is 36.1 Å². The van der Waals surface area contributed by atoms with Crippen molar-refractivity contribution in [2.45, 2.75) is 25.4 Å².